The van der Waals surface area contributed by atoms with Crippen LogP contribution in [0, 0.1) is 12.7 Å². The highest BCUT2D eigenvalue weighted by Gasteiger charge is 2.08. The molecular formula is C14H16FNOS. The van der Waals surface area contributed by atoms with Gasteiger partial charge in [0.15, 0.2) is 0 Å². The summed E-state index contributed by atoms with van der Waals surface area (Å²) in [5, 5.41) is 3.18. The minimum Gasteiger partial charge on any atom is -0.468 e. The molecule has 0 radical (unpaired) electrons. The lowest BCUT2D eigenvalue weighted by molar-refractivity contribution is 0.526. The molecule has 0 saturated carbocycles. The Morgan fingerprint density at radius 3 is 2.72 bits per heavy atom. The van der Waals surface area contributed by atoms with Gasteiger partial charge in [0, 0.05) is 11.4 Å². The van der Waals surface area contributed by atoms with Crippen molar-refractivity contribution in [3.63, 3.8) is 0 Å². The van der Waals surface area contributed by atoms with Crippen molar-refractivity contribution >= 4 is 11.8 Å². The second-order valence-electron chi connectivity index (χ2n) is 3.99. The van der Waals surface area contributed by atoms with Gasteiger partial charge in [-0.3, -0.25) is 0 Å². The van der Waals surface area contributed by atoms with Gasteiger partial charge in [0.1, 0.15) is 11.6 Å². The van der Waals surface area contributed by atoms with E-state index in [0.717, 1.165) is 22.8 Å². The van der Waals surface area contributed by atoms with Crippen molar-refractivity contribution in [3.05, 3.63) is 47.7 Å². The van der Waals surface area contributed by atoms with E-state index in [0.29, 0.717) is 11.4 Å². The molecule has 96 valence electrons. The highest BCUT2D eigenvalue weighted by atomic mass is 32.2. The highest BCUT2D eigenvalue weighted by molar-refractivity contribution is 7.99. The number of aryl methyl sites for hydroxylation is 1. The van der Waals surface area contributed by atoms with Gasteiger partial charge in [0.2, 0.25) is 0 Å². The maximum Gasteiger partial charge on any atom is 0.137 e. The van der Waals surface area contributed by atoms with E-state index in [4.69, 9.17) is 4.42 Å². The molecule has 0 fully saturated rings. The van der Waals surface area contributed by atoms with Crippen LogP contribution in [0.25, 0.3) is 0 Å². The Hall–Kier alpha value is -1.26. The summed E-state index contributed by atoms with van der Waals surface area (Å²) < 4.78 is 19.1. The Morgan fingerprint density at radius 1 is 1.28 bits per heavy atom. The van der Waals surface area contributed by atoms with E-state index in [1.165, 1.54) is 11.8 Å². The molecule has 0 amide bonds. The van der Waals surface area contributed by atoms with Crippen LogP contribution in [0.4, 0.5) is 4.39 Å². The van der Waals surface area contributed by atoms with Gasteiger partial charge in [-0.05, 0) is 37.2 Å². The van der Waals surface area contributed by atoms with E-state index in [2.05, 4.69) is 5.32 Å². The van der Waals surface area contributed by atoms with Crippen LogP contribution in [0.15, 0.2) is 44.7 Å². The third kappa shape index (κ3) is 3.15. The van der Waals surface area contributed by atoms with E-state index in [1.807, 2.05) is 32.0 Å². The average Bonchev–Trinajstić information content (AvgIpc) is 2.75. The fraction of sp³-hybridized carbons (Fsp3) is 0.286. The Balaban J connectivity index is 2.12. The van der Waals surface area contributed by atoms with Crippen LogP contribution >= 0.6 is 11.8 Å². The van der Waals surface area contributed by atoms with E-state index < -0.39 is 0 Å². The monoisotopic (exact) mass is 265 g/mol. The van der Waals surface area contributed by atoms with E-state index in [9.17, 15) is 4.39 Å². The summed E-state index contributed by atoms with van der Waals surface area (Å²) in [7, 11) is 0. The predicted molar refractivity (Wildman–Crippen MR) is 71.3 cm³/mol. The van der Waals surface area contributed by atoms with Gasteiger partial charge in [0.05, 0.1) is 11.2 Å². The molecule has 0 atom stereocenters. The number of hydrogen-bond acceptors (Lipinski definition) is 3. The van der Waals surface area contributed by atoms with E-state index >= 15 is 0 Å². The molecule has 2 aromatic rings. The molecule has 0 aliphatic heterocycles. The van der Waals surface area contributed by atoms with Gasteiger partial charge in [-0.15, -0.1) is 0 Å². The van der Waals surface area contributed by atoms with Gasteiger partial charge < -0.3 is 9.73 Å². The first-order valence-electron chi connectivity index (χ1n) is 5.91. The van der Waals surface area contributed by atoms with Crippen LogP contribution in [0.3, 0.4) is 0 Å². The summed E-state index contributed by atoms with van der Waals surface area (Å²) in [6.07, 6.45) is 1.62. The van der Waals surface area contributed by atoms with Crippen LogP contribution in [0.5, 0.6) is 0 Å². The second-order valence-corrected chi connectivity index (χ2v) is 5.07. The molecule has 0 aliphatic carbocycles. The number of halogens is 1. The van der Waals surface area contributed by atoms with Gasteiger partial charge in [-0.25, -0.2) is 4.39 Å². The van der Waals surface area contributed by atoms with Crippen molar-refractivity contribution < 1.29 is 8.81 Å². The van der Waals surface area contributed by atoms with Crippen molar-refractivity contribution in [2.45, 2.75) is 30.2 Å². The Bertz CT molecular complexity index is 524. The van der Waals surface area contributed by atoms with Crippen LogP contribution < -0.4 is 5.32 Å². The molecular weight excluding hydrogens is 249 g/mol. The van der Waals surface area contributed by atoms with Crippen LogP contribution in [-0.2, 0) is 6.54 Å². The molecule has 0 unspecified atom stereocenters. The fourth-order valence-corrected chi connectivity index (χ4v) is 2.45. The predicted octanol–water partition coefficient (Wildman–Crippen LogP) is 3.99. The quantitative estimate of drug-likeness (QED) is 0.885. The molecule has 0 bridgehead atoms. The van der Waals surface area contributed by atoms with Crippen molar-refractivity contribution in [1.82, 2.24) is 5.32 Å². The number of furan rings is 1. The molecule has 2 nitrogen and oxygen atoms in total. The maximum absolute atomic E-state index is 13.9. The van der Waals surface area contributed by atoms with E-state index in [-0.39, 0.29) is 5.82 Å². The van der Waals surface area contributed by atoms with Crippen molar-refractivity contribution in [2.24, 2.45) is 0 Å². The van der Waals surface area contributed by atoms with Gasteiger partial charge in [0.25, 0.3) is 0 Å². The molecule has 0 aliphatic rings. The fourth-order valence-electron chi connectivity index (χ4n) is 1.60. The molecule has 0 saturated heterocycles. The van der Waals surface area contributed by atoms with Crippen molar-refractivity contribution in [3.8, 4) is 0 Å². The first-order chi connectivity index (χ1) is 8.70. The largest absolute Gasteiger partial charge is 0.468 e. The Morgan fingerprint density at radius 2 is 2.11 bits per heavy atom. The molecule has 1 N–H and O–H groups in total. The normalized spacial score (nSPS) is 10.8. The zero-order valence-electron chi connectivity index (χ0n) is 10.5. The molecule has 1 heterocycles. The summed E-state index contributed by atoms with van der Waals surface area (Å²) >= 11 is 1.39. The third-order valence-electron chi connectivity index (χ3n) is 2.61. The molecule has 2 rings (SSSR count). The molecule has 4 heteroatoms. The third-order valence-corrected chi connectivity index (χ3v) is 3.80. The molecule has 1 aromatic heterocycles. The molecule has 1 aromatic carbocycles. The minimum atomic E-state index is -0.184. The van der Waals surface area contributed by atoms with Crippen LogP contribution in [-0.4, -0.2) is 6.54 Å². The SMILES string of the molecule is CCNCc1ccc(Sc2ccoc2C)c(F)c1. The van der Waals surface area contributed by atoms with Crippen molar-refractivity contribution in [2.75, 3.05) is 6.54 Å². The van der Waals surface area contributed by atoms with Crippen molar-refractivity contribution in [1.29, 1.82) is 0 Å². The lowest BCUT2D eigenvalue weighted by Gasteiger charge is -2.06. The number of nitrogens with one attached hydrogen (secondary N) is 1. The zero-order valence-corrected chi connectivity index (χ0v) is 11.3. The topological polar surface area (TPSA) is 25.2 Å². The summed E-state index contributed by atoms with van der Waals surface area (Å²) in [6.45, 7) is 5.48. The Kier molecular flexibility index (Phi) is 4.44. The summed E-state index contributed by atoms with van der Waals surface area (Å²) in [5.74, 6) is 0.632. The lowest BCUT2D eigenvalue weighted by atomic mass is 10.2. The highest BCUT2D eigenvalue weighted by Crippen LogP contribution is 2.32. The average molecular weight is 265 g/mol. The second kappa shape index (κ2) is 6.07. The minimum absolute atomic E-state index is 0.184. The molecule has 18 heavy (non-hydrogen) atoms. The van der Waals surface area contributed by atoms with Gasteiger partial charge in [-0.1, -0.05) is 24.8 Å². The van der Waals surface area contributed by atoms with Gasteiger partial charge in [-0.2, -0.15) is 0 Å². The van der Waals surface area contributed by atoms with E-state index in [1.54, 1.807) is 12.3 Å². The summed E-state index contributed by atoms with van der Waals surface area (Å²) in [4.78, 5) is 1.58. The standard InChI is InChI=1S/C14H16FNOS/c1-3-16-9-11-4-5-14(12(15)8-11)18-13-6-7-17-10(13)2/h4-8,16H,3,9H2,1-2H3. The first kappa shape index (κ1) is 13.2. The van der Waals surface area contributed by atoms with Crippen LogP contribution in [0.2, 0.25) is 0 Å². The lowest BCUT2D eigenvalue weighted by Crippen LogP contribution is -2.11. The van der Waals surface area contributed by atoms with Crippen LogP contribution in [0.1, 0.15) is 18.2 Å². The number of hydrogen-bond donors (Lipinski definition) is 1. The maximum atomic E-state index is 13.9. The first-order valence-corrected chi connectivity index (χ1v) is 6.73. The number of rotatable bonds is 5. The van der Waals surface area contributed by atoms with Gasteiger partial charge >= 0.3 is 0 Å². The summed E-state index contributed by atoms with van der Waals surface area (Å²) in [6, 6.07) is 7.20. The Labute approximate surface area is 111 Å². The summed E-state index contributed by atoms with van der Waals surface area (Å²) in [5.41, 5.74) is 0.961. The molecule has 0 spiro atoms. The number of benzene rings is 1. The smallest absolute Gasteiger partial charge is 0.137 e. The zero-order chi connectivity index (χ0) is 13.0.